The standard InChI is InChI=1S/C21H16BrN5O2/c22-14-4-3-5-15(12-14)24-20-17-7-2-1-6-16(17)18(26-27-20)10-13-8-9-23-19(11-13)25-21(28)29/h1-9,11-12H,10H2,(H,23,25)(H,24,27)(H,28,29). The van der Waals surface area contributed by atoms with Crippen LogP contribution in [0.15, 0.2) is 71.3 Å². The number of hydrogen-bond donors (Lipinski definition) is 3. The molecule has 0 aliphatic heterocycles. The van der Waals surface area contributed by atoms with E-state index in [2.05, 4.69) is 41.7 Å². The Balaban J connectivity index is 1.67. The molecule has 0 spiro atoms. The molecule has 4 aromatic rings. The van der Waals surface area contributed by atoms with Crippen LogP contribution in [0.3, 0.4) is 0 Å². The number of nitrogens with one attached hydrogen (secondary N) is 2. The molecule has 0 aliphatic rings. The first-order valence-corrected chi connectivity index (χ1v) is 9.59. The van der Waals surface area contributed by atoms with Crippen molar-refractivity contribution in [1.82, 2.24) is 15.2 Å². The van der Waals surface area contributed by atoms with Crippen molar-refractivity contribution < 1.29 is 9.90 Å². The number of halogens is 1. The highest BCUT2D eigenvalue weighted by Crippen LogP contribution is 2.28. The second-order valence-corrected chi connectivity index (χ2v) is 7.25. The zero-order chi connectivity index (χ0) is 20.2. The quantitative estimate of drug-likeness (QED) is 0.386. The molecule has 2 aromatic heterocycles. The summed E-state index contributed by atoms with van der Waals surface area (Å²) >= 11 is 3.47. The molecule has 0 atom stereocenters. The first kappa shape index (κ1) is 18.8. The number of anilines is 3. The van der Waals surface area contributed by atoms with E-state index in [0.29, 0.717) is 12.2 Å². The van der Waals surface area contributed by atoms with Gasteiger partial charge in [-0.2, -0.15) is 5.10 Å². The summed E-state index contributed by atoms with van der Waals surface area (Å²) in [4.78, 5) is 14.8. The lowest BCUT2D eigenvalue weighted by molar-refractivity contribution is 0.209. The Kier molecular flexibility index (Phi) is 5.35. The van der Waals surface area contributed by atoms with Crippen molar-refractivity contribution in [2.24, 2.45) is 0 Å². The zero-order valence-electron chi connectivity index (χ0n) is 15.1. The highest BCUT2D eigenvalue weighted by atomic mass is 79.9. The van der Waals surface area contributed by atoms with E-state index >= 15 is 0 Å². The summed E-state index contributed by atoms with van der Waals surface area (Å²) in [5.74, 6) is 0.950. The average molecular weight is 450 g/mol. The molecule has 0 saturated carbocycles. The lowest BCUT2D eigenvalue weighted by Crippen LogP contribution is -2.09. The van der Waals surface area contributed by atoms with E-state index in [9.17, 15) is 4.79 Å². The predicted molar refractivity (Wildman–Crippen MR) is 116 cm³/mol. The van der Waals surface area contributed by atoms with Crippen LogP contribution in [-0.2, 0) is 6.42 Å². The molecule has 0 aliphatic carbocycles. The number of fused-ring (bicyclic) bond motifs is 1. The van der Waals surface area contributed by atoms with Crippen LogP contribution in [0.25, 0.3) is 10.8 Å². The largest absolute Gasteiger partial charge is 0.465 e. The zero-order valence-corrected chi connectivity index (χ0v) is 16.7. The van der Waals surface area contributed by atoms with Crippen LogP contribution in [0.2, 0.25) is 0 Å². The minimum atomic E-state index is -1.15. The van der Waals surface area contributed by atoms with E-state index in [-0.39, 0.29) is 5.82 Å². The minimum Gasteiger partial charge on any atom is -0.465 e. The Morgan fingerprint density at radius 3 is 2.62 bits per heavy atom. The Labute approximate surface area is 175 Å². The normalized spacial score (nSPS) is 10.7. The van der Waals surface area contributed by atoms with Crippen LogP contribution in [0.4, 0.5) is 22.1 Å². The number of carbonyl (C=O) groups is 1. The number of carboxylic acid groups (broad SMARTS) is 1. The summed E-state index contributed by atoms with van der Waals surface area (Å²) in [5.41, 5.74) is 2.59. The first-order chi connectivity index (χ1) is 14.1. The maximum absolute atomic E-state index is 10.8. The smallest absolute Gasteiger partial charge is 0.410 e. The molecule has 2 heterocycles. The Bertz CT molecular complexity index is 1200. The number of amides is 1. The third kappa shape index (κ3) is 4.49. The number of rotatable bonds is 5. The molecule has 0 unspecified atom stereocenters. The average Bonchev–Trinajstić information content (AvgIpc) is 2.70. The summed E-state index contributed by atoms with van der Waals surface area (Å²) < 4.78 is 0.972. The Morgan fingerprint density at radius 1 is 1.00 bits per heavy atom. The maximum atomic E-state index is 10.8. The fraction of sp³-hybridized carbons (Fsp3) is 0.0476. The number of nitrogens with zero attached hydrogens (tertiary/aromatic N) is 3. The molecule has 3 N–H and O–H groups in total. The van der Waals surface area contributed by atoms with Crippen LogP contribution in [0.5, 0.6) is 0 Å². The molecule has 2 aromatic carbocycles. The van der Waals surface area contributed by atoms with E-state index in [1.54, 1.807) is 12.3 Å². The van der Waals surface area contributed by atoms with Crippen LogP contribution in [-0.4, -0.2) is 26.4 Å². The number of aromatic nitrogens is 3. The fourth-order valence-electron chi connectivity index (χ4n) is 3.04. The van der Waals surface area contributed by atoms with Crippen molar-refractivity contribution in [3.63, 3.8) is 0 Å². The fourth-order valence-corrected chi connectivity index (χ4v) is 3.44. The van der Waals surface area contributed by atoms with Crippen molar-refractivity contribution in [3.05, 3.63) is 82.6 Å². The molecule has 0 fully saturated rings. The Morgan fingerprint density at radius 2 is 1.83 bits per heavy atom. The predicted octanol–water partition coefficient (Wildman–Crippen LogP) is 5.21. The van der Waals surface area contributed by atoms with E-state index < -0.39 is 6.09 Å². The third-order valence-corrected chi connectivity index (χ3v) is 4.78. The minimum absolute atomic E-state index is 0.278. The SMILES string of the molecule is O=C(O)Nc1cc(Cc2nnc(Nc3cccc(Br)c3)c3ccccc23)ccn1. The molecule has 0 radical (unpaired) electrons. The van der Waals surface area contributed by atoms with Crippen LogP contribution in [0, 0.1) is 0 Å². The highest BCUT2D eigenvalue weighted by Gasteiger charge is 2.11. The lowest BCUT2D eigenvalue weighted by atomic mass is 10.0. The van der Waals surface area contributed by atoms with Gasteiger partial charge >= 0.3 is 6.09 Å². The van der Waals surface area contributed by atoms with E-state index in [1.165, 1.54) is 0 Å². The van der Waals surface area contributed by atoms with Gasteiger partial charge in [0.15, 0.2) is 5.82 Å². The summed E-state index contributed by atoms with van der Waals surface area (Å²) in [6.45, 7) is 0. The van der Waals surface area contributed by atoms with Gasteiger partial charge in [0.2, 0.25) is 0 Å². The number of pyridine rings is 1. The van der Waals surface area contributed by atoms with Gasteiger partial charge in [0.1, 0.15) is 5.82 Å². The van der Waals surface area contributed by atoms with Crippen molar-refractivity contribution in [2.75, 3.05) is 10.6 Å². The van der Waals surface area contributed by atoms with E-state index in [1.807, 2.05) is 54.6 Å². The highest BCUT2D eigenvalue weighted by molar-refractivity contribution is 9.10. The van der Waals surface area contributed by atoms with Gasteiger partial charge in [-0.1, -0.05) is 46.3 Å². The van der Waals surface area contributed by atoms with Gasteiger partial charge in [0.05, 0.1) is 5.69 Å². The molecule has 7 nitrogen and oxygen atoms in total. The summed E-state index contributed by atoms with van der Waals surface area (Å²) in [5, 5.41) is 25.2. The molecule has 0 bridgehead atoms. The maximum Gasteiger partial charge on any atom is 0.410 e. The third-order valence-electron chi connectivity index (χ3n) is 4.28. The van der Waals surface area contributed by atoms with Gasteiger partial charge in [-0.15, -0.1) is 5.10 Å². The van der Waals surface area contributed by atoms with Gasteiger partial charge < -0.3 is 10.4 Å². The molecule has 0 saturated heterocycles. The van der Waals surface area contributed by atoms with Gasteiger partial charge in [-0.3, -0.25) is 5.32 Å². The van der Waals surface area contributed by atoms with Crippen LogP contribution < -0.4 is 10.6 Å². The van der Waals surface area contributed by atoms with Gasteiger partial charge in [-0.05, 0) is 35.9 Å². The number of benzene rings is 2. The second kappa shape index (κ2) is 8.24. The topological polar surface area (TPSA) is 100 Å². The number of hydrogen-bond acceptors (Lipinski definition) is 5. The summed E-state index contributed by atoms with van der Waals surface area (Å²) in [6, 6.07) is 19.3. The van der Waals surface area contributed by atoms with E-state index in [0.717, 1.165) is 32.2 Å². The van der Waals surface area contributed by atoms with Gasteiger partial charge in [0, 0.05) is 33.6 Å². The molecule has 8 heteroatoms. The summed E-state index contributed by atoms with van der Waals surface area (Å²) in [7, 11) is 0. The van der Waals surface area contributed by atoms with Crippen molar-refractivity contribution in [2.45, 2.75) is 6.42 Å². The molecule has 1 amide bonds. The molecular weight excluding hydrogens is 434 g/mol. The second-order valence-electron chi connectivity index (χ2n) is 6.33. The van der Waals surface area contributed by atoms with Crippen LogP contribution >= 0.6 is 15.9 Å². The first-order valence-electron chi connectivity index (χ1n) is 8.80. The molecule has 29 heavy (non-hydrogen) atoms. The lowest BCUT2D eigenvalue weighted by Gasteiger charge is -2.11. The monoisotopic (exact) mass is 449 g/mol. The van der Waals surface area contributed by atoms with E-state index in [4.69, 9.17) is 5.11 Å². The van der Waals surface area contributed by atoms with Crippen LogP contribution in [0.1, 0.15) is 11.3 Å². The van der Waals surface area contributed by atoms with Gasteiger partial charge in [0.25, 0.3) is 0 Å². The molecule has 4 rings (SSSR count). The van der Waals surface area contributed by atoms with Crippen molar-refractivity contribution in [1.29, 1.82) is 0 Å². The van der Waals surface area contributed by atoms with Crippen molar-refractivity contribution in [3.8, 4) is 0 Å². The summed E-state index contributed by atoms with van der Waals surface area (Å²) in [6.07, 6.45) is 0.920. The molecular formula is C21H16BrN5O2. The van der Waals surface area contributed by atoms with Crippen molar-refractivity contribution >= 4 is 50.1 Å². The Hall–Kier alpha value is -3.52. The van der Waals surface area contributed by atoms with Gasteiger partial charge in [-0.25, -0.2) is 9.78 Å². The molecule has 144 valence electrons.